The Kier molecular flexibility index (Phi) is 4.77. The molecule has 1 saturated heterocycles. The largest absolute Gasteiger partial charge is 0.472 e. The van der Waals surface area contributed by atoms with Crippen LogP contribution in [0.4, 0.5) is 13.2 Å². The molecule has 1 aromatic heterocycles. The van der Waals surface area contributed by atoms with Crippen molar-refractivity contribution in [2.24, 2.45) is 5.92 Å². The maximum atomic E-state index is 12.8. The first-order valence-electron chi connectivity index (χ1n) is 6.97. The number of piperidine rings is 1. The van der Waals surface area contributed by atoms with Crippen molar-refractivity contribution in [3.8, 4) is 0 Å². The first-order chi connectivity index (χ1) is 10.3. The SMILES string of the molecule is CC(NC(=O)c1ccoc1)C(=O)N1CCCC(C(F)(F)F)C1. The van der Waals surface area contributed by atoms with Gasteiger partial charge in [-0.3, -0.25) is 9.59 Å². The van der Waals surface area contributed by atoms with E-state index in [4.69, 9.17) is 4.42 Å². The molecule has 2 atom stereocenters. The lowest BCUT2D eigenvalue weighted by atomic mass is 9.97. The summed E-state index contributed by atoms with van der Waals surface area (Å²) in [5.41, 5.74) is 0.256. The summed E-state index contributed by atoms with van der Waals surface area (Å²) >= 11 is 0. The van der Waals surface area contributed by atoms with Crippen LogP contribution in [0.15, 0.2) is 23.0 Å². The number of alkyl halides is 3. The Morgan fingerprint density at radius 1 is 1.45 bits per heavy atom. The smallest absolute Gasteiger partial charge is 0.393 e. The fourth-order valence-corrected chi connectivity index (χ4v) is 2.45. The van der Waals surface area contributed by atoms with Gasteiger partial charge in [0.25, 0.3) is 5.91 Å². The number of nitrogens with zero attached hydrogens (tertiary/aromatic N) is 1. The second-order valence-electron chi connectivity index (χ2n) is 5.37. The molecule has 122 valence electrons. The molecular formula is C14H17F3N2O3. The van der Waals surface area contributed by atoms with E-state index in [9.17, 15) is 22.8 Å². The highest BCUT2D eigenvalue weighted by atomic mass is 19.4. The van der Waals surface area contributed by atoms with E-state index >= 15 is 0 Å². The standard InChI is InChI=1S/C14H17F3N2O3/c1-9(18-12(20)10-4-6-22-8-10)13(21)19-5-2-3-11(7-19)14(15,16)17/h4,6,8-9,11H,2-3,5,7H2,1H3,(H,18,20). The lowest BCUT2D eigenvalue weighted by molar-refractivity contribution is -0.188. The number of rotatable bonds is 3. The first-order valence-corrected chi connectivity index (χ1v) is 6.97. The summed E-state index contributed by atoms with van der Waals surface area (Å²) < 4.78 is 43.0. The van der Waals surface area contributed by atoms with Crippen LogP contribution in [-0.4, -0.2) is 42.0 Å². The highest BCUT2D eigenvalue weighted by Gasteiger charge is 2.43. The van der Waals surface area contributed by atoms with Crippen molar-refractivity contribution in [3.63, 3.8) is 0 Å². The summed E-state index contributed by atoms with van der Waals surface area (Å²) in [6.45, 7) is 1.38. The Morgan fingerprint density at radius 3 is 2.77 bits per heavy atom. The zero-order valence-electron chi connectivity index (χ0n) is 12.0. The van der Waals surface area contributed by atoms with Gasteiger partial charge in [0.1, 0.15) is 12.3 Å². The zero-order valence-corrected chi connectivity index (χ0v) is 12.0. The van der Waals surface area contributed by atoms with Crippen molar-refractivity contribution in [2.45, 2.75) is 32.0 Å². The number of amides is 2. The molecule has 0 spiro atoms. The van der Waals surface area contributed by atoms with Crippen LogP contribution in [0.1, 0.15) is 30.1 Å². The molecule has 5 nitrogen and oxygen atoms in total. The number of carbonyl (C=O) groups excluding carboxylic acids is 2. The Balaban J connectivity index is 1.94. The maximum Gasteiger partial charge on any atom is 0.393 e. The molecule has 2 unspecified atom stereocenters. The van der Waals surface area contributed by atoms with Gasteiger partial charge in [-0.15, -0.1) is 0 Å². The molecule has 1 aliphatic heterocycles. The lowest BCUT2D eigenvalue weighted by Crippen LogP contribution is -2.51. The fraction of sp³-hybridized carbons (Fsp3) is 0.571. The van der Waals surface area contributed by atoms with Crippen LogP contribution >= 0.6 is 0 Å². The van der Waals surface area contributed by atoms with Crippen LogP contribution in [0.2, 0.25) is 0 Å². The number of furan rings is 1. The van der Waals surface area contributed by atoms with Gasteiger partial charge in [0.05, 0.1) is 17.7 Å². The van der Waals surface area contributed by atoms with Crippen LogP contribution in [-0.2, 0) is 4.79 Å². The van der Waals surface area contributed by atoms with Crippen molar-refractivity contribution >= 4 is 11.8 Å². The van der Waals surface area contributed by atoms with Gasteiger partial charge < -0.3 is 14.6 Å². The van der Waals surface area contributed by atoms with Crippen LogP contribution in [0.25, 0.3) is 0 Å². The van der Waals surface area contributed by atoms with Gasteiger partial charge in [-0.25, -0.2) is 0 Å². The first kappa shape index (κ1) is 16.4. The normalized spacial score (nSPS) is 20.5. The summed E-state index contributed by atoms with van der Waals surface area (Å²) in [4.78, 5) is 25.2. The molecule has 1 N–H and O–H groups in total. The van der Waals surface area contributed by atoms with E-state index in [2.05, 4.69) is 5.32 Å². The molecule has 2 rings (SSSR count). The maximum absolute atomic E-state index is 12.8. The number of carbonyl (C=O) groups is 2. The van der Waals surface area contributed by atoms with E-state index in [-0.39, 0.29) is 25.1 Å². The van der Waals surface area contributed by atoms with Crippen LogP contribution < -0.4 is 5.32 Å². The third-order valence-electron chi connectivity index (χ3n) is 3.70. The van der Waals surface area contributed by atoms with Gasteiger partial charge in [-0.05, 0) is 25.8 Å². The van der Waals surface area contributed by atoms with Crippen LogP contribution in [0.5, 0.6) is 0 Å². The third-order valence-corrected chi connectivity index (χ3v) is 3.70. The van der Waals surface area contributed by atoms with Crippen molar-refractivity contribution in [1.82, 2.24) is 10.2 Å². The topological polar surface area (TPSA) is 62.6 Å². The summed E-state index contributed by atoms with van der Waals surface area (Å²) in [6, 6.07) is 0.544. The van der Waals surface area contributed by atoms with E-state index in [1.54, 1.807) is 0 Å². The number of likely N-dealkylation sites (tertiary alicyclic amines) is 1. The summed E-state index contributed by atoms with van der Waals surface area (Å²) in [6.07, 6.45) is -1.42. The molecule has 8 heteroatoms. The van der Waals surface area contributed by atoms with Gasteiger partial charge in [0, 0.05) is 13.1 Å². The number of hydrogen-bond acceptors (Lipinski definition) is 3. The molecule has 2 amide bonds. The second kappa shape index (κ2) is 6.41. The molecule has 1 aromatic rings. The molecule has 0 aromatic carbocycles. The molecule has 0 radical (unpaired) electrons. The Labute approximate surface area is 125 Å². The molecule has 0 aliphatic carbocycles. The molecule has 1 fully saturated rings. The van der Waals surface area contributed by atoms with Crippen LogP contribution in [0.3, 0.4) is 0 Å². The number of halogens is 3. The minimum atomic E-state index is -4.30. The quantitative estimate of drug-likeness (QED) is 0.929. The van der Waals surface area contributed by atoms with Crippen molar-refractivity contribution in [2.75, 3.05) is 13.1 Å². The van der Waals surface area contributed by atoms with Crippen molar-refractivity contribution < 1.29 is 27.2 Å². The van der Waals surface area contributed by atoms with Crippen molar-refractivity contribution in [3.05, 3.63) is 24.2 Å². The molecular weight excluding hydrogens is 301 g/mol. The van der Waals surface area contributed by atoms with Gasteiger partial charge in [-0.2, -0.15) is 13.2 Å². The summed E-state index contributed by atoms with van der Waals surface area (Å²) in [5, 5.41) is 2.46. The van der Waals surface area contributed by atoms with E-state index < -0.39 is 30.0 Å². The average Bonchev–Trinajstić information content (AvgIpc) is 3.00. The minimum absolute atomic E-state index is 0.0308. The summed E-state index contributed by atoms with van der Waals surface area (Å²) in [7, 11) is 0. The predicted octanol–water partition coefficient (Wildman–Crippen LogP) is 2.20. The number of nitrogens with one attached hydrogen (secondary N) is 1. The number of hydrogen-bond donors (Lipinski definition) is 1. The average molecular weight is 318 g/mol. The van der Waals surface area contributed by atoms with Gasteiger partial charge in [0.15, 0.2) is 0 Å². The highest BCUT2D eigenvalue weighted by molar-refractivity contribution is 5.97. The van der Waals surface area contributed by atoms with Crippen LogP contribution in [0, 0.1) is 5.92 Å². The van der Waals surface area contributed by atoms with E-state index in [1.807, 2.05) is 0 Å². The van der Waals surface area contributed by atoms with Crippen molar-refractivity contribution in [1.29, 1.82) is 0 Å². The lowest BCUT2D eigenvalue weighted by Gasteiger charge is -2.35. The van der Waals surface area contributed by atoms with Gasteiger partial charge in [-0.1, -0.05) is 0 Å². The molecule has 1 aliphatic rings. The molecule has 2 heterocycles. The molecule has 0 saturated carbocycles. The monoisotopic (exact) mass is 318 g/mol. The second-order valence-corrected chi connectivity index (χ2v) is 5.37. The summed E-state index contributed by atoms with van der Waals surface area (Å²) in [5.74, 6) is -2.51. The predicted molar refractivity (Wildman–Crippen MR) is 71.0 cm³/mol. The van der Waals surface area contributed by atoms with Gasteiger partial charge in [0.2, 0.25) is 5.91 Å². The van der Waals surface area contributed by atoms with E-state index in [0.717, 1.165) is 0 Å². The zero-order chi connectivity index (χ0) is 16.3. The Bertz CT molecular complexity index is 528. The molecule has 22 heavy (non-hydrogen) atoms. The van der Waals surface area contributed by atoms with Gasteiger partial charge >= 0.3 is 6.18 Å². The highest BCUT2D eigenvalue weighted by Crippen LogP contribution is 2.33. The minimum Gasteiger partial charge on any atom is -0.472 e. The van der Waals surface area contributed by atoms with E-state index in [0.29, 0.717) is 6.42 Å². The van der Waals surface area contributed by atoms with E-state index in [1.165, 1.54) is 30.4 Å². The third kappa shape index (κ3) is 3.80. The fourth-order valence-electron chi connectivity index (χ4n) is 2.45. The molecule has 0 bridgehead atoms. The Hall–Kier alpha value is -1.99. The Morgan fingerprint density at radius 2 is 2.18 bits per heavy atom.